The van der Waals surface area contributed by atoms with Crippen LogP contribution in [0, 0.1) is 0 Å². The lowest BCUT2D eigenvalue weighted by atomic mass is 10.3. The van der Waals surface area contributed by atoms with E-state index in [1.54, 1.807) is 30.3 Å². The Morgan fingerprint density at radius 2 is 1.62 bits per heavy atom. The molecule has 0 atom stereocenters. The van der Waals surface area contributed by atoms with Crippen molar-refractivity contribution in [3.8, 4) is 17.2 Å². The summed E-state index contributed by atoms with van der Waals surface area (Å²) < 4.78 is 5.52. The van der Waals surface area contributed by atoms with Gasteiger partial charge in [-0.15, -0.1) is 0 Å². The number of hydrogen-bond donors (Lipinski definition) is 1. The molecular weight excluding hydrogens is 247 g/mol. The van der Waals surface area contributed by atoms with Gasteiger partial charge in [-0.05, 0) is 36.4 Å². The SMILES string of the molecule is Oc1ccc(Oc2ccc(Cl)cc2)c(Cl)c1. The highest BCUT2D eigenvalue weighted by molar-refractivity contribution is 6.32. The summed E-state index contributed by atoms with van der Waals surface area (Å²) in [6.45, 7) is 0. The van der Waals surface area contributed by atoms with Crippen molar-refractivity contribution in [2.24, 2.45) is 0 Å². The molecular formula is C12H8Cl2O2. The summed E-state index contributed by atoms with van der Waals surface area (Å²) >= 11 is 11.7. The van der Waals surface area contributed by atoms with Gasteiger partial charge in [-0.25, -0.2) is 0 Å². The fourth-order valence-corrected chi connectivity index (χ4v) is 1.54. The molecule has 0 aromatic heterocycles. The summed E-state index contributed by atoms with van der Waals surface area (Å²) in [5.74, 6) is 1.23. The van der Waals surface area contributed by atoms with Crippen molar-refractivity contribution in [2.75, 3.05) is 0 Å². The molecule has 0 aliphatic carbocycles. The first kappa shape index (κ1) is 11.1. The van der Waals surface area contributed by atoms with E-state index in [0.29, 0.717) is 21.5 Å². The molecule has 0 amide bonds. The summed E-state index contributed by atoms with van der Waals surface area (Å²) in [5.41, 5.74) is 0. The Bertz CT molecular complexity index is 495. The monoisotopic (exact) mass is 254 g/mol. The Morgan fingerprint density at radius 1 is 0.938 bits per heavy atom. The van der Waals surface area contributed by atoms with E-state index < -0.39 is 0 Å². The van der Waals surface area contributed by atoms with Crippen molar-refractivity contribution < 1.29 is 9.84 Å². The summed E-state index contributed by atoms with van der Waals surface area (Å²) in [5, 5.41) is 10.2. The highest BCUT2D eigenvalue weighted by Crippen LogP contribution is 2.32. The van der Waals surface area contributed by atoms with Crippen molar-refractivity contribution in [1.29, 1.82) is 0 Å². The van der Waals surface area contributed by atoms with Gasteiger partial charge in [0.05, 0.1) is 5.02 Å². The Hall–Kier alpha value is -1.38. The number of phenolic OH excluding ortho intramolecular Hbond substituents is 1. The van der Waals surface area contributed by atoms with E-state index >= 15 is 0 Å². The number of phenols is 1. The second-order valence-corrected chi connectivity index (χ2v) is 4.01. The second-order valence-electron chi connectivity index (χ2n) is 3.17. The molecule has 82 valence electrons. The smallest absolute Gasteiger partial charge is 0.146 e. The van der Waals surface area contributed by atoms with Crippen LogP contribution >= 0.6 is 23.2 Å². The number of aromatic hydroxyl groups is 1. The summed E-state index contributed by atoms with van der Waals surface area (Å²) in [4.78, 5) is 0. The minimum absolute atomic E-state index is 0.105. The molecule has 0 fully saturated rings. The molecule has 1 N–H and O–H groups in total. The van der Waals surface area contributed by atoms with E-state index in [0.717, 1.165) is 0 Å². The molecule has 4 heteroatoms. The Labute approximate surface area is 103 Å². The van der Waals surface area contributed by atoms with Crippen LogP contribution < -0.4 is 4.74 Å². The van der Waals surface area contributed by atoms with Crippen LogP contribution in [0.1, 0.15) is 0 Å². The van der Waals surface area contributed by atoms with Gasteiger partial charge in [-0.1, -0.05) is 23.2 Å². The maximum Gasteiger partial charge on any atom is 0.146 e. The van der Waals surface area contributed by atoms with Crippen molar-refractivity contribution in [3.63, 3.8) is 0 Å². The lowest BCUT2D eigenvalue weighted by Gasteiger charge is -2.07. The van der Waals surface area contributed by atoms with E-state index in [1.807, 2.05) is 0 Å². The number of ether oxygens (including phenoxy) is 1. The summed E-state index contributed by atoms with van der Waals surface area (Å²) in [6, 6.07) is 11.5. The minimum Gasteiger partial charge on any atom is -0.508 e. The highest BCUT2D eigenvalue weighted by atomic mass is 35.5. The van der Waals surface area contributed by atoms with Crippen LogP contribution in [-0.2, 0) is 0 Å². The van der Waals surface area contributed by atoms with Gasteiger partial charge >= 0.3 is 0 Å². The van der Waals surface area contributed by atoms with Gasteiger partial charge in [0.1, 0.15) is 17.2 Å². The molecule has 0 bridgehead atoms. The van der Waals surface area contributed by atoms with Gasteiger partial charge in [0.25, 0.3) is 0 Å². The van der Waals surface area contributed by atoms with Crippen molar-refractivity contribution in [1.82, 2.24) is 0 Å². The quantitative estimate of drug-likeness (QED) is 0.856. The zero-order chi connectivity index (χ0) is 11.5. The van der Waals surface area contributed by atoms with Crippen LogP contribution in [0.15, 0.2) is 42.5 Å². The Kier molecular flexibility index (Phi) is 3.22. The number of benzene rings is 2. The first-order valence-electron chi connectivity index (χ1n) is 4.57. The standard InChI is InChI=1S/C12H8Cl2O2/c13-8-1-4-10(5-2-8)16-12-6-3-9(15)7-11(12)14/h1-7,15H. The fraction of sp³-hybridized carbons (Fsp3) is 0. The maximum atomic E-state index is 9.18. The third-order valence-electron chi connectivity index (χ3n) is 1.96. The average molecular weight is 255 g/mol. The molecule has 0 radical (unpaired) electrons. The lowest BCUT2D eigenvalue weighted by Crippen LogP contribution is -1.84. The first-order valence-corrected chi connectivity index (χ1v) is 5.33. The molecule has 0 saturated heterocycles. The van der Waals surface area contributed by atoms with E-state index in [1.165, 1.54) is 12.1 Å². The van der Waals surface area contributed by atoms with Crippen LogP contribution in [0.3, 0.4) is 0 Å². The van der Waals surface area contributed by atoms with Crippen LogP contribution in [0.4, 0.5) is 0 Å². The number of hydrogen-bond acceptors (Lipinski definition) is 2. The van der Waals surface area contributed by atoms with Gasteiger partial charge < -0.3 is 9.84 Å². The van der Waals surface area contributed by atoms with E-state index in [2.05, 4.69) is 0 Å². The molecule has 0 aliphatic heterocycles. The minimum atomic E-state index is 0.105. The van der Waals surface area contributed by atoms with E-state index in [-0.39, 0.29) is 5.75 Å². The largest absolute Gasteiger partial charge is 0.508 e. The topological polar surface area (TPSA) is 29.5 Å². The molecule has 2 rings (SSSR count). The zero-order valence-corrected chi connectivity index (χ0v) is 9.66. The molecule has 0 aliphatic rings. The van der Waals surface area contributed by atoms with Crippen molar-refractivity contribution in [2.45, 2.75) is 0 Å². The highest BCUT2D eigenvalue weighted by Gasteiger charge is 2.03. The first-order chi connectivity index (χ1) is 7.65. The van der Waals surface area contributed by atoms with Crippen molar-refractivity contribution in [3.05, 3.63) is 52.5 Å². The maximum absolute atomic E-state index is 9.18. The zero-order valence-electron chi connectivity index (χ0n) is 8.15. The molecule has 0 saturated carbocycles. The van der Waals surface area contributed by atoms with Crippen LogP contribution in [-0.4, -0.2) is 5.11 Å². The molecule has 0 spiro atoms. The van der Waals surface area contributed by atoms with Crippen LogP contribution in [0.5, 0.6) is 17.2 Å². The molecule has 2 nitrogen and oxygen atoms in total. The number of halogens is 2. The third-order valence-corrected chi connectivity index (χ3v) is 2.50. The normalized spacial score (nSPS) is 10.1. The predicted molar refractivity (Wildman–Crippen MR) is 64.6 cm³/mol. The Balaban J connectivity index is 2.23. The van der Waals surface area contributed by atoms with E-state index in [4.69, 9.17) is 27.9 Å². The van der Waals surface area contributed by atoms with Crippen LogP contribution in [0.25, 0.3) is 0 Å². The fourth-order valence-electron chi connectivity index (χ4n) is 1.20. The van der Waals surface area contributed by atoms with Gasteiger partial charge in [-0.3, -0.25) is 0 Å². The molecule has 0 unspecified atom stereocenters. The van der Waals surface area contributed by atoms with Gasteiger partial charge in [-0.2, -0.15) is 0 Å². The van der Waals surface area contributed by atoms with Gasteiger partial charge in [0.2, 0.25) is 0 Å². The van der Waals surface area contributed by atoms with E-state index in [9.17, 15) is 5.11 Å². The lowest BCUT2D eigenvalue weighted by molar-refractivity contribution is 0.464. The predicted octanol–water partition coefficient (Wildman–Crippen LogP) is 4.49. The Morgan fingerprint density at radius 3 is 2.25 bits per heavy atom. The summed E-state index contributed by atoms with van der Waals surface area (Å²) in [6.07, 6.45) is 0. The average Bonchev–Trinajstić information content (AvgIpc) is 2.25. The third kappa shape index (κ3) is 2.60. The second kappa shape index (κ2) is 4.64. The molecule has 0 heterocycles. The van der Waals surface area contributed by atoms with Gasteiger partial charge in [0.15, 0.2) is 0 Å². The summed E-state index contributed by atoms with van der Waals surface area (Å²) in [7, 11) is 0. The number of rotatable bonds is 2. The van der Waals surface area contributed by atoms with Crippen LogP contribution in [0.2, 0.25) is 10.0 Å². The van der Waals surface area contributed by atoms with Crippen molar-refractivity contribution >= 4 is 23.2 Å². The molecule has 2 aromatic carbocycles. The van der Waals surface area contributed by atoms with Gasteiger partial charge in [0, 0.05) is 11.1 Å². The molecule has 2 aromatic rings. The molecule has 16 heavy (non-hydrogen) atoms.